The van der Waals surface area contributed by atoms with Gasteiger partial charge in [-0.1, -0.05) is 5.16 Å². The summed E-state index contributed by atoms with van der Waals surface area (Å²) in [6.45, 7) is 4.11. The van der Waals surface area contributed by atoms with Crippen molar-refractivity contribution in [3.05, 3.63) is 35.3 Å². The van der Waals surface area contributed by atoms with Gasteiger partial charge in [0.2, 0.25) is 0 Å². The van der Waals surface area contributed by atoms with E-state index < -0.39 is 11.3 Å². The van der Waals surface area contributed by atoms with Gasteiger partial charge in [0, 0.05) is 32.6 Å². The summed E-state index contributed by atoms with van der Waals surface area (Å²) in [5, 5.41) is 11.9. The van der Waals surface area contributed by atoms with Gasteiger partial charge in [0.1, 0.15) is 11.8 Å². The number of aryl methyl sites for hydroxylation is 2. The quantitative estimate of drug-likeness (QED) is 0.800. The SMILES string of the molecule is Cc1ccc(N2CC[C@]3(CN(C(=O)c4conc4C)CCC3(F)F)C2)nn1. The zero-order valence-electron chi connectivity index (χ0n) is 15.3. The Morgan fingerprint density at radius 2 is 1.96 bits per heavy atom. The van der Waals surface area contributed by atoms with E-state index in [1.165, 1.54) is 11.2 Å². The summed E-state index contributed by atoms with van der Waals surface area (Å²) in [5.74, 6) is -2.57. The zero-order chi connectivity index (χ0) is 19.2. The van der Waals surface area contributed by atoms with E-state index in [4.69, 9.17) is 4.52 Å². The lowest BCUT2D eigenvalue weighted by Gasteiger charge is -2.45. The Hall–Kier alpha value is -2.58. The third-order valence-corrected chi connectivity index (χ3v) is 5.69. The molecule has 1 amide bonds. The predicted molar refractivity (Wildman–Crippen MR) is 92.7 cm³/mol. The Labute approximate surface area is 155 Å². The second-order valence-corrected chi connectivity index (χ2v) is 7.48. The number of hydrogen-bond acceptors (Lipinski definition) is 6. The Morgan fingerprint density at radius 3 is 2.63 bits per heavy atom. The van der Waals surface area contributed by atoms with E-state index in [2.05, 4.69) is 15.4 Å². The first kappa shape index (κ1) is 17.8. The smallest absolute Gasteiger partial charge is 0.259 e. The molecule has 2 aromatic rings. The van der Waals surface area contributed by atoms with E-state index in [9.17, 15) is 13.6 Å². The fourth-order valence-electron chi connectivity index (χ4n) is 4.00. The van der Waals surface area contributed by atoms with Crippen molar-refractivity contribution in [3.63, 3.8) is 0 Å². The Balaban J connectivity index is 1.57. The highest BCUT2D eigenvalue weighted by Crippen LogP contribution is 2.50. The number of amides is 1. The number of aromatic nitrogens is 3. The van der Waals surface area contributed by atoms with Crippen LogP contribution >= 0.6 is 0 Å². The zero-order valence-corrected chi connectivity index (χ0v) is 15.3. The fourth-order valence-corrected chi connectivity index (χ4v) is 4.00. The summed E-state index contributed by atoms with van der Waals surface area (Å²) >= 11 is 0. The van der Waals surface area contributed by atoms with Gasteiger partial charge in [-0.25, -0.2) is 8.78 Å². The molecule has 27 heavy (non-hydrogen) atoms. The van der Waals surface area contributed by atoms with Crippen LogP contribution in [0, 0.1) is 19.3 Å². The molecule has 1 atom stereocenters. The first-order chi connectivity index (χ1) is 12.8. The molecule has 0 bridgehead atoms. The second-order valence-electron chi connectivity index (χ2n) is 7.48. The standard InChI is InChI=1S/C18H21F2N5O2/c1-12-3-4-15(22-21-12)24-7-5-17(10-24)11-25(8-6-18(17,19)20)16(26)14-9-27-23-13(14)2/h3-4,9H,5-8,10-11H2,1-2H3/t17-/m1/s1. The number of halogens is 2. The number of likely N-dealkylation sites (tertiary alicyclic amines) is 1. The molecule has 4 heterocycles. The van der Waals surface area contributed by atoms with Crippen LogP contribution < -0.4 is 4.90 Å². The van der Waals surface area contributed by atoms with Crippen LogP contribution in [0.3, 0.4) is 0 Å². The van der Waals surface area contributed by atoms with Gasteiger partial charge < -0.3 is 14.3 Å². The number of alkyl halides is 2. The molecule has 9 heteroatoms. The first-order valence-electron chi connectivity index (χ1n) is 8.95. The van der Waals surface area contributed by atoms with Crippen molar-refractivity contribution in [2.45, 2.75) is 32.6 Å². The van der Waals surface area contributed by atoms with Crippen molar-refractivity contribution < 1.29 is 18.1 Å². The lowest BCUT2D eigenvalue weighted by Crippen LogP contribution is -2.58. The van der Waals surface area contributed by atoms with Crippen molar-refractivity contribution in [2.75, 3.05) is 31.1 Å². The van der Waals surface area contributed by atoms with Gasteiger partial charge in [-0.2, -0.15) is 5.10 Å². The van der Waals surface area contributed by atoms with Crippen LogP contribution in [0.25, 0.3) is 0 Å². The topological polar surface area (TPSA) is 75.4 Å². The maximum absolute atomic E-state index is 14.9. The van der Waals surface area contributed by atoms with Crippen LogP contribution in [0.5, 0.6) is 0 Å². The van der Waals surface area contributed by atoms with Crippen molar-refractivity contribution in [3.8, 4) is 0 Å². The van der Waals surface area contributed by atoms with Gasteiger partial charge >= 0.3 is 0 Å². The summed E-state index contributed by atoms with van der Waals surface area (Å²) in [7, 11) is 0. The lowest BCUT2D eigenvalue weighted by atomic mass is 9.75. The number of hydrogen-bond donors (Lipinski definition) is 0. The minimum Gasteiger partial charge on any atom is -0.364 e. The van der Waals surface area contributed by atoms with Crippen LogP contribution in [0.2, 0.25) is 0 Å². The number of rotatable bonds is 2. The van der Waals surface area contributed by atoms with Gasteiger partial charge in [-0.05, 0) is 32.4 Å². The summed E-state index contributed by atoms with van der Waals surface area (Å²) in [6, 6.07) is 3.61. The molecule has 2 saturated heterocycles. The van der Waals surface area contributed by atoms with Crippen molar-refractivity contribution in [1.82, 2.24) is 20.3 Å². The number of piperidine rings is 1. The summed E-state index contributed by atoms with van der Waals surface area (Å²) in [4.78, 5) is 16.1. The molecule has 7 nitrogen and oxygen atoms in total. The largest absolute Gasteiger partial charge is 0.364 e. The van der Waals surface area contributed by atoms with Gasteiger partial charge in [0.25, 0.3) is 11.8 Å². The van der Waals surface area contributed by atoms with Crippen molar-refractivity contribution in [1.29, 1.82) is 0 Å². The minimum atomic E-state index is -2.85. The molecule has 0 aromatic carbocycles. The van der Waals surface area contributed by atoms with Crippen LogP contribution in [0.1, 0.15) is 34.6 Å². The Bertz CT molecular complexity index is 854. The van der Waals surface area contributed by atoms with Crippen molar-refractivity contribution >= 4 is 11.7 Å². The average Bonchev–Trinajstić information content (AvgIpc) is 3.25. The fraction of sp³-hybridized carbons (Fsp3) is 0.556. The normalized spacial score (nSPS) is 24.6. The second kappa shape index (κ2) is 6.24. The molecule has 2 fully saturated rings. The highest BCUT2D eigenvalue weighted by atomic mass is 19.3. The maximum atomic E-state index is 14.9. The van der Waals surface area contributed by atoms with E-state index in [-0.39, 0.29) is 32.0 Å². The van der Waals surface area contributed by atoms with Gasteiger partial charge in [-0.3, -0.25) is 4.79 Å². The van der Waals surface area contributed by atoms with Crippen LogP contribution in [-0.2, 0) is 0 Å². The van der Waals surface area contributed by atoms with E-state index in [0.717, 1.165) is 5.69 Å². The van der Waals surface area contributed by atoms with E-state index >= 15 is 0 Å². The van der Waals surface area contributed by atoms with Crippen LogP contribution in [0.15, 0.2) is 22.9 Å². The third-order valence-electron chi connectivity index (χ3n) is 5.69. The molecule has 1 spiro atoms. The monoisotopic (exact) mass is 377 g/mol. The minimum absolute atomic E-state index is 0.000751. The molecule has 2 aliphatic rings. The van der Waals surface area contributed by atoms with Crippen LogP contribution in [0.4, 0.5) is 14.6 Å². The number of carbonyl (C=O) groups is 1. The van der Waals surface area contributed by atoms with Gasteiger partial charge in [-0.15, -0.1) is 5.10 Å². The predicted octanol–water partition coefficient (Wildman–Crippen LogP) is 2.46. The molecule has 4 rings (SSSR count). The Morgan fingerprint density at radius 1 is 1.15 bits per heavy atom. The van der Waals surface area contributed by atoms with E-state index in [0.29, 0.717) is 30.0 Å². The number of nitrogens with zero attached hydrogens (tertiary/aromatic N) is 5. The van der Waals surface area contributed by atoms with Gasteiger partial charge in [0.05, 0.1) is 16.8 Å². The van der Waals surface area contributed by atoms with E-state index in [1.807, 2.05) is 17.9 Å². The van der Waals surface area contributed by atoms with Crippen molar-refractivity contribution in [2.24, 2.45) is 5.41 Å². The molecule has 0 N–H and O–H groups in total. The van der Waals surface area contributed by atoms with E-state index in [1.54, 1.807) is 13.0 Å². The first-order valence-corrected chi connectivity index (χ1v) is 8.95. The number of carbonyl (C=O) groups excluding carboxylic acids is 1. The third kappa shape index (κ3) is 2.94. The lowest BCUT2D eigenvalue weighted by molar-refractivity contribution is -0.150. The summed E-state index contributed by atoms with van der Waals surface area (Å²) in [5.41, 5.74) is 0.277. The molecule has 0 saturated carbocycles. The average molecular weight is 377 g/mol. The highest BCUT2D eigenvalue weighted by Gasteiger charge is 2.60. The summed E-state index contributed by atoms with van der Waals surface area (Å²) < 4.78 is 34.7. The molecule has 2 aromatic heterocycles. The molecule has 0 radical (unpaired) electrons. The molecule has 2 aliphatic heterocycles. The molecular formula is C18H21F2N5O2. The summed E-state index contributed by atoms with van der Waals surface area (Å²) in [6.07, 6.45) is 1.22. The Kier molecular flexibility index (Phi) is 4.12. The van der Waals surface area contributed by atoms with Crippen LogP contribution in [-0.4, -0.2) is 58.3 Å². The molecule has 144 valence electrons. The molecule has 0 aliphatic carbocycles. The highest BCUT2D eigenvalue weighted by molar-refractivity contribution is 5.95. The number of anilines is 1. The molecular weight excluding hydrogens is 356 g/mol. The van der Waals surface area contributed by atoms with Gasteiger partial charge in [0.15, 0.2) is 5.82 Å². The molecule has 0 unspecified atom stereocenters. The maximum Gasteiger partial charge on any atom is 0.259 e.